The van der Waals surface area contributed by atoms with E-state index in [1.54, 1.807) is 11.0 Å². The van der Waals surface area contributed by atoms with Crippen LogP contribution in [0.4, 0.5) is 0 Å². The molecule has 2 fully saturated rings. The number of nitrogens with zero attached hydrogens (tertiary/aromatic N) is 1. The van der Waals surface area contributed by atoms with Gasteiger partial charge in [-0.1, -0.05) is 24.8 Å². The molecule has 2 aliphatic heterocycles. The largest absolute Gasteiger partial charge is 0.329 e. The number of likely N-dealkylation sites (tertiary alicyclic amines) is 1. The van der Waals surface area contributed by atoms with Crippen LogP contribution < -0.4 is 5.32 Å². The smallest absolute Gasteiger partial charge is 0.263 e. The van der Waals surface area contributed by atoms with Crippen LogP contribution in [-0.2, 0) is 9.59 Å². The third-order valence-corrected chi connectivity index (χ3v) is 3.57. The van der Waals surface area contributed by atoms with Crippen molar-refractivity contribution in [3.8, 4) is 0 Å². The van der Waals surface area contributed by atoms with Crippen molar-refractivity contribution in [1.29, 1.82) is 0 Å². The van der Waals surface area contributed by atoms with E-state index in [0.29, 0.717) is 25.0 Å². The molecule has 0 bridgehead atoms. The lowest BCUT2D eigenvalue weighted by Crippen LogP contribution is -2.50. The van der Waals surface area contributed by atoms with Crippen molar-refractivity contribution in [2.24, 2.45) is 0 Å². The number of carbonyl (C=O) groups excluding carboxylic acids is 2. The molecule has 3 aliphatic rings. The molecule has 2 amide bonds. The molecule has 0 aromatic heterocycles. The number of hydrogen-bond donors (Lipinski definition) is 1. The van der Waals surface area contributed by atoms with Crippen molar-refractivity contribution in [2.75, 3.05) is 6.54 Å². The van der Waals surface area contributed by atoms with Crippen LogP contribution >= 0.6 is 0 Å². The lowest BCUT2D eigenvalue weighted by atomic mass is 10.0. The lowest BCUT2D eigenvalue weighted by molar-refractivity contribution is -0.136. The SMILES string of the molecule is C=C1CCC(N2CC3=CC=CC=C=C3C2=O)C(=O)N1. The topological polar surface area (TPSA) is 49.4 Å². The highest BCUT2D eigenvalue weighted by Gasteiger charge is 2.39. The summed E-state index contributed by atoms with van der Waals surface area (Å²) in [6, 6.07) is -0.399. The van der Waals surface area contributed by atoms with Gasteiger partial charge in [-0.3, -0.25) is 9.59 Å². The zero-order valence-electron chi connectivity index (χ0n) is 10.5. The number of nitrogens with one attached hydrogen (secondary N) is 1. The number of hydrogen-bond acceptors (Lipinski definition) is 2. The van der Waals surface area contributed by atoms with Crippen LogP contribution in [0.5, 0.6) is 0 Å². The Morgan fingerprint density at radius 3 is 3.00 bits per heavy atom. The molecule has 3 rings (SSSR count). The van der Waals surface area contributed by atoms with Gasteiger partial charge in [0, 0.05) is 12.2 Å². The normalized spacial score (nSPS) is 25.8. The summed E-state index contributed by atoms with van der Waals surface area (Å²) in [5, 5.41) is 2.72. The van der Waals surface area contributed by atoms with E-state index in [9.17, 15) is 9.59 Å². The Labute approximate surface area is 111 Å². The van der Waals surface area contributed by atoms with E-state index < -0.39 is 6.04 Å². The van der Waals surface area contributed by atoms with Crippen LogP contribution in [0.15, 0.2) is 53.5 Å². The first-order valence-corrected chi connectivity index (χ1v) is 6.29. The molecular formula is C15H14N2O2. The molecule has 4 heteroatoms. The molecule has 19 heavy (non-hydrogen) atoms. The molecule has 1 atom stereocenters. The maximum Gasteiger partial charge on any atom is 0.263 e. The predicted octanol–water partition coefficient (Wildman–Crippen LogP) is 1.20. The zero-order chi connectivity index (χ0) is 13.4. The summed E-state index contributed by atoms with van der Waals surface area (Å²) in [7, 11) is 0. The average Bonchev–Trinajstić information content (AvgIpc) is 2.57. The number of fused-ring (bicyclic) bond motifs is 1. The van der Waals surface area contributed by atoms with Crippen LogP contribution in [0.1, 0.15) is 12.8 Å². The molecule has 1 aliphatic carbocycles. The van der Waals surface area contributed by atoms with E-state index in [-0.39, 0.29) is 11.8 Å². The fraction of sp³-hybridized carbons (Fsp3) is 0.267. The van der Waals surface area contributed by atoms with Gasteiger partial charge in [0.2, 0.25) is 5.91 Å². The van der Waals surface area contributed by atoms with Gasteiger partial charge < -0.3 is 10.2 Å². The fourth-order valence-corrected chi connectivity index (χ4v) is 2.58. The van der Waals surface area contributed by atoms with Gasteiger partial charge >= 0.3 is 0 Å². The van der Waals surface area contributed by atoms with E-state index in [4.69, 9.17) is 0 Å². The Kier molecular flexibility index (Phi) is 2.73. The van der Waals surface area contributed by atoms with Crippen molar-refractivity contribution in [2.45, 2.75) is 18.9 Å². The maximum atomic E-state index is 12.4. The molecule has 0 aromatic rings. The van der Waals surface area contributed by atoms with Gasteiger partial charge in [-0.2, -0.15) is 0 Å². The van der Waals surface area contributed by atoms with Gasteiger partial charge in [0.1, 0.15) is 6.04 Å². The van der Waals surface area contributed by atoms with E-state index in [1.165, 1.54) is 0 Å². The maximum absolute atomic E-state index is 12.4. The standard InChI is InChI=1S/C15H14N2O2/c1-10-7-8-13(14(18)16-10)17-9-11-5-3-2-4-6-12(11)15(17)19/h2-5,13H,1,7-9H2,(H,16,18). The number of amides is 2. The summed E-state index contributed by atoms with van der Waals surface area (Å²) in [5.74, 6) is -0.249. The van der Waals surface area contributed by atoms with Crippen molar-refractivity contribution in [3.05, 3.63) is 53.5 Å². The highest BCUT2D eigenvalue weighted by molar-refractivity contribution is 6.04. The molecule has 4 nitrogen and oxygen atoms in total. The fourth-order valence-electron chi connectivity index (χ4n) is 2.58. The van der Waals surface area contributed by atoms with Crippen LogP contribution in [0.3, 0.4) is 0 Å². The van der Waals surface area contributed by atoms with E-state index in [1.807, 2.05) is 18.2 Å². The summed E-state index contributed by atoms with van der Waals surface area (Å²) in [6.45, 7) is 4.23. The van der Waals surface area contributed by atoms with Crippen molar-refractivity contribution in [3.63, 3.8) is 0 Å². The molecule has 1 unspecified atom stereocenters. The first-order chi connectivity index (χ1) is 9.16. The minimum Gasteiger partial charge on any atom is -0.329 e. The number of piperidine rings is 1. The molecule has 96 valence electrons. The number of carbonyl (C=O) groups is 2. The quantitative estimate of drug-likeness (QED) is 0.715. The Morgan fingerprint density at radius 1 is 1.37 bits per heavy atom. The second-order valence-corrected chi connectivity index (χ2v) is 4.84. The Balaban J connectivity index is 1.89. The minimum absolute atomic E-state index is 0.112. The Hall–Kier alpha value is -2.32. The second-order valence-electron chi connectivity index (χ2n) is 4.84. The van der Waals surface area contributed by atoms with Crippen LogP contribution in [0.25, 0.3) is 0 Å². The van der Waals surface area contributed by atoms with Crippen molar-refractivity contribution >= 4 is 11.8 Å². The minimum atomic E-state index is -0.399. The van der Waals surface area contributed by atoms with Crippen LogP contribution in [0.2, 0.25) is 0 Å². The molecule has 0 radical (unpaired) electrons. The van der Waals surface area contributed by atoms with Crippen LogP contribution in [0, 0.1) is 0 Å². The van der Waals surface area contributed by atoms with Gasteiger partial charge in [0.15, 0.2) is 0 Å². The predicted molar refractivity (Wildman–Crippen MR) is 70.8 cm³/mol. The summed E-state index contributed by atoms with van der Waals surface area (Å²) in [5.41, 5.74) is 5.20. The third kappa shape index (κ3) is 1.96. The monoisotopic (exact) mass is 254 g/mol. The van der Waals surface area contributed by atoms with Crippen molar-refractivity contribution < 1.29 is 9.59 Å². The van der Waals surface area contributed by atoms with Gasteiger partial charge in [0.05, 0.1) is 5.57 Å². The first-order valence-electron chi connectivity index (χ1n) is 6.29. The lowest BCUT2D eigenvalue weighted by Gasteiger charge is -2.30. The molecule has 0 aromatic carbocycles. The number of allylic oxidation sites excluding steroid dienone is 4. The van der Waals surface area contributed by atoms with Gasteiger partial charge in [-0.05, 0) is 24.5 Å². The second kappa shape index (κ2) is 4.41. The first kappa shape index (κ1) is 11.8. The van der Waals surface area contributed by atoms with Gasteiger partial charge in [0.25, 0.3) is 5.91 Å². The zero-order valence-corrected chi connectivity index (χ0v) is 10.5. The highest BCUT2D eigenvalue weighted by atomic mass is 16.2. The highest BCUT2D eigenvalue weighted by Crippen LogP contribution is 2.28. The molecule has 1 N–H and O–H groups in total. The Morgan fingerprint density at radius 2 is 2.21 bits per heavy atom. The summed E-state index contributed by atoms with van der Waals surface area (Å²) in [4.78, 5) is 26.0. The molecular weight excluding hydrogens is 240 g/mol. The summed E-state index contributed by atoms with van der Waals surface area (Å²) >= 11 is 0. The van der Waals surface area contributed by atoms with E-state index >= 15 is 0 Å². The summed E-state index contributed by atoms with van der Waals surface area (Å²) < 4.78 is 0. The summed E-state index contributed by atoms with van der Waals surface area (Å²) in [6.07, 6.45) is 8.71. The molecule has 0 spiro atoms. The van der Waals surface area contributed by atoms with Gasteiger partial charge in [-0.15, -0.1) is 5.73 Å². The van der Waals surface area contributed by atoms with Gasteiger partial charge in [-0.25, -0.2) is 0 Å². The third-order valence-electron chi connectivity index (χ3n) is 3.57. The van der Waals surface area contributed by atoms with Crippen LogP contribution in [-0.4, -0.2) is 29.3 Å². The molecule has 0 saturated carbocycles. The molecule has 2 heterocycles. The number of rotatable bonds is 1. The average molecular weight is 254 g/mol. The van der Waals surface area contributed by atoms with E-state index in [0.717, 1.165) is 11.3 Å². The Bertz CT molecular complexity index is 604. The van der Waals surface area contributed by atoms with E-state index in [2.05, 4.69) is 17.6 Å². The van der Waals surface area contributed by atoms with Crippen molar-refractivity contribution in [1.82, 2.24) is 10.2 Å². The molecule has 2 saturated heterocycles.